The van der Waals surface area contributed by atoms with Gasteiger partial charge in [-0.25, -0.2) is 0 Å². The fourth-order valence-corrected chi connectivity index (χ4v) is 3.15. The predicted octanol–water partition coefficient (Wildman–Crippen LogP) is 1.03. The maximum atomic E-state index is 12.0. The van der Waals surface area contributed by atoms with Crippen LogP contribution in [0.2, 0.25) is 0 Å². The Labute approximate surface area is 107 Å². The number of carboxylic acid groups (broad SMARTS) is 1. The van der Waals surface area contributed by atoms with Gasteiger partial charge in [0.15, 0.2) is 0 Å². The normalized spacial score (nSPS) is 31.3. The third-order valence-corrected chi connectivity index (χ3v) is 4.20. The third kappa shape index (κ3) is 3.02. The van der Waals surface area contributed by atoms with E-state index in [0.717, 1.165) is 0 Å². The number of hydrogen-bond donors (Lipinski definition) is 2. The van der Waals surface area contributed by atoms with Crippen molar-refractivity contribution < 1.29 is 19.4 Å². The van der Waals surface area contributed by atoms with E-state index >= 15 is 0 Å². The first-order valence-electron chi connectivity index (χ1n) is 6.65. The van der Waals surface area contributed by atoms with Gasteiger partial charge >= 0.3 is 5.97 Å². The molecule has 5 heteroatoms. The molecular formula is C13H21NO4. The lowest BCUT2D eigenvalue weighted by atomic mass is 10.0. The molecule has 3 atom stereocenters. The molecule has 0 aromatic rings. The molecule has 2 aliphatic carbocycles. The summed E-state index contributed by atoms with van der Waals surface area (Å²) < 4.78 is 5.03. The van der Waals surface area contributed by atoms with Gasteiger partial charge in [0, 0.05) is 19.6 Å². The molecule has 0 aromatic heterocycles. The molecule has 0 radical (unpaired) electrons. The summed E-state index contributed by atoms with van der Waals surface area (Å²) >= 11 is 0. The van der Waals surface area contributed by atoms with E-state index in [-0.39, 0.29) is 24.8 Å². The van der Waals surface area contributed by atoms with Crippen LogP contribution in [0.25, 0.3) is 0 Å². The van der Waals surface area contributed by atoms with Gasteiger partial charge in [-0.3, -0.25) is 9.59 Å². The number of nitrogens with one attached hydrogen (secondary N) is 1. The molecule has 2 N–H and O–H groups in total. The molecule has 2 aliphatic rings. The summed E-state index contributed by atoms with van der Waals surface area (Å²) in [6.45, 7) is 0.289. The number of carbonyl (C=O) groups excluding carboxylic acids is 1. The topological polar surface area (TPSA) is 75.6 Å². The average Bonchev–Trinajstić information content (AvgIpc) is 3.07. The van der Waals surface area contributed by atoms with Gasteiger partial charge < -0.3 is 15.2 Å². The fraction of sp³-hybridized carbons (Fsp3) is 0.846. The first-order chi connectivity index (χ1) is 8.63. The highest BCUT2D eigenvalue weighted by molar-refractivity contribution is 5.82. The molecule has 0 aromatic carbocycles. The molecular weight excluding hydrogens is 234 g/mol. The molecule has 0 aliphatic heterocycles. The van der Waals surface area contributed by atoms with Gasteiger partial charge in [0.05, 0.1) is 12.5 Å². The van der Waals surface area contributed by atoms with Crippen molar-refractivity contribution in [1.82, 2.24) is 5.32 Å². The Kier molecular flexibility index (Phi) is 4.22. The van der Waals surface area contributed by atoms with E-state index in [4.69, 9.17) is 9.84 Å². The summed E-state index contributed by atoms with van der Waals surface area (Å²) in [5.74, 6) is 0.517. The Hall–Kier alpha value is -1.10. The number of amides is 1. The van der Waals surface area contributed by atoms with E-state index in [1.807, 2.05) is 0 Å². The zero-order valence-electron chi connectivity index (χ0n) is 10.7. The van der Waals surface area contributed by atoms with Crippen LogP contribution in [-0.2, 0) is 14.3 Å². The average molecular weight is 255 g/mol. The van der Waals surface area contributed by atoms with Crippen molar-refractivity contribution >= 4 is 11.9 Å². The van der Waals surface area contributed by atoms with Gasteiger partial charge in [-0.05, 0) is 24.7 Å². The van der Waals surface area contributed by atoms with E-state index in [0.29, 0.717) is 11.8 Å². The minimum atomic E-state index is -0.906. The fourth-order valence-electron chi connectivity index (χ4n) is 3.15. The van der Waals surface area contributed by atoms with Crippen LogP contribution in [0.4, 0.5) is 0 Å². The zero-order valence-corrected chi connectivity index (χ0v) is 10.7. The Morgan fingerprint density at radius 3 is 2.44 bits per heavy atom. The number of carboxylic acids is 1. The van der Waals surface area contributed by atoms with Crippen molar-refractivity contribution in [3.8, 4) is 0 Å². The SMILES string of the molecule is COC(CNC(=O)C1C2CCCCC21)CC(=O)O. The van der Waals surface area contributed by atoms with Crippen LogP contribution < -0.4 is 5.32 Å². The maximum absolute atomic E-state index is 12.0. The van der Waals surface area contributed by atoms with Crippen molar-refractivity contribution in [2.75, 3.05) is 13.7 Å². The molecule has 5 nitrogen and oxygen atoms in total. The van der Waals surface area contributed by atoms with Crippen LogP contribution in [0.1, 0.15) is 32.1 Å². The van der Waals surface area contributed by atoms with Gasteiger partial charge in [-0.1, -0.05) is 12.8 Å². The minimum absolute atomic E-state index is 0.0751. The Morgan fingerprint density at radius 2 is 1.94 bits per heavy atom. The minimum Gasteiger partial charge on any atom is -0.481 e. The van der Waals surface area contributed by atoms with Crippen LogP contribution >= 0.6 is 0 Å². The number of aliphatic carboxylic acids is 1. The van der Waals surface area contributed by atoms with Crippen molar-refractivity contribution in [3.63, 3.8) is 0 Å². The van der Waals surface area contributed by atoms with E-state index in [1.54, 1.807) is 0 Å². The standard InChI is InChI=1S/C13H21NO4/c1-18-8(6-11(15)16)7-14-13(17)12-9-4-2-3-5-10(9)12/h8-10,12H,2-7H2,1H3,(H,14,17)(H,15,16). The Bertz CT molecular complexity index is 319. The smallest absolute Gasteiger partial charge is 0.306 e. The summed E-state index contributed by atoms with van der Waals surface area (Å²) in [4.78, 5) is 22.5. The Balaban J connectivity index is 1.73. The van der Waals surface area contributed by atoms with Crippen LogP contribution in [0.15, 0.2) is 0 Å². The number of carbonyl (C=O) groups is 2. The van der Waals surface area contributed by atoms with Crippen LogP contribution in [0.5, 0.6) is 0 Å². The second-order valence-corrected chi connectivity index (χ2v) is 5.34. The maximum Gasteiger partial charge on any atom is 0.306 e. The summed E-state index contributed by atoms with van der Waals surface area (Å²) in [5.41, 5.74) is 0. The quantitative estimate of drug-likeness (QED) is 0.743. The van der Waals surface area contributed by atoms with Gasteiger partial charge in [0.2, 0.25) is 5.91 Å². The van der Waals surface area contributed by atoms with Gasteiger partial charge in [0.1, 0.15) is 0 Å². The molecule has 2 saturated carbocycles. The highest BCUT2D eigenvalue weighted by atomic mass is 16.5. The second-order valence-electron chi connectivity index (χ2n) is 5.34. The summed E-state index contributed by atoms with van der Waals surface area (Å²) in [6.07, 6.45) is 4.31. The molecule has 3 unspecified atom stereocenters. The number of fused-ring (bicyclic) bond motifs is 1. The van der Waals surface area contributed by atoms with E-state index in [9.17, 15) is 9.59 Å². The molecule has 18 heavy (non-hydrogen) atoms. The molecule has 0 heterocycles. The molecule has 0 bridgehead atoms. The monoisotopic (exact) mass is 255 g/mol. The molecule has 0 saturated heterocycles. The van der Waals surface area contributed by atoms with Crippen molar-refractivity contribution in [3.05, 3.63) is 0 Å². The summed E-state index contributed by atoms with van der Waals surface area (Å²) in [7, 11) is 1.47. The van der Waals surface area contributed by atoms with Crippen LogP contribution in [0.3, 0.4) is 0 Å². The van der Waals surface area contributed by atoms with E-state index in [2.05, 4.69) is 5.32 Å². The number of rotatable bonds is 6. The summed E-state index contributed by atoms with van der Waals surface area (Å²) in [6, 6.07) is 0. The number of ether oxygens (including phenoxy) is 1. The lowest BCUT2D eigenvalue weighted by Crippen LogP contribution is -2.35. The van der Waals surface area contributed by atoms with Crippen LogP contribution in [0, 0.1) is 17.8 Å². The first-order valence-corrected chi connectivity index (χ1v) is 6.65. The van der Waals surface area contributed by atoms with Gasteiger partial charge in [-0.15, -0.1) is 0 Å². The van der Waals surface area contributed by atoms with Crippen molar-refractivity contribution in [1.29, 1.82) is 0 Å². The molecule has 1 amide bonds. The lowest BCUT2D eigenvalue weighted by Gasteiger charge is -2.13. The van der Waals surface area contributed by atoms with Gasteiger partial charge in [0.25, 0.3) is 0 Å². The first kappa shape index (κ1) is 13.3. The third-order valence-electron chi connectivity index (χ3n) is 4.20. The number of methoxy groups -OCH3 is 1. The van der Waals surface area contributed by atoms with E-state index in [1.165, 1.54) is 32.8 Å². The van der Waals surface area contributed by atoms with Crippen molar-refractivity contribution in [2.45, 2.75) is 38.2 Å². The highest BCUT2D eigenvalue weighted by Crippen LogP contribution is 2.55. The predicted molar refractivity (Wildman–Crippen MR) is 65.0 cm³/mol. The Morgan fingerprint density at radius 1 is 1.33 bits per heavy atom. The largest absolute Gasteiger partial charge is 0.481 e. The van der Waals surface area contributed by atoms with Crippen molar-refractivity contribution in [2.24, 2.45) is 17.8 Å². The lowest BCUT2D eigenvalue weighted by molar-refractivity contribution is -0.140. The number of hydrogen-bond acceptors (Lipinski definition) is 3. The summed E-state index contributed by atoms with van der Waals surface area (Å²) in [5, 5.41) is 11.5. The van der Waals surface area contributed by atoms with Gasteiger partial charge in [-0.2, -0.15) is 0 Å². The zero-order chi connectivity index (χ0) is 13.1. The second kappa shape index (κ2) is 5.69. The molecule has 2 fully saturated rings. The highest BCUT2D eigenvalue weighted by Gasteiger charge is 2.54. The molecule has 2 rings (SSSR count). The van der Waals surface area contributed by atoms with E-state index < -0.39 is 12.1 Å². The molecule has 0 spiro atoms. The van der Waals surface area contributed by atoms with Crippen LogP contribution in [-0.4, -0.2) is 36.7 Å². The molecule has 102 valence electrons.